The summed E-state index contributed by atoms with van der Waals surface area (Å²) >= 11 is 6.41. The number of halogens is 1. The highest BCUT2D eigenvalue weighted by atomic mass is 35.5. The van der Waals surface area contributed by atoms with E-state index in [-0.39, 0.29) is 5.54 Å². The third kappa shape index (κ3) is 2.57. The summed E-state index contributed by atoms with van der Waals surface area (Å²) in [5.74, 6) is 0.650. The first-order valence-corrected chi connectivity index (χ1v) is 7.43. The van der Waals surface area contributed by atoms with E-state index < -0.39 is 0 Å². The fourth-order valence-corrected chi connectivity index (χ4v) is 3.52. The zero-order valence-corrected chi connectivity index (χ0v) is 12.4. The van der Waals surface area contributed by atoms with Crippen LogP contribution in [0, 0.1) is 5.92 Å². The first-order valence-electron chi connectivity index (χ1n) is 7.06. The van der Waals surface area contributed by atoms with E-state index in [1.165, 1.54) is 18.5 Å². The molecule has 0 aromatic carbocycles. The third-order valence-corrected chi connectivity index (χ3v) is 3.96. The highest BCUT2D eigenvalue weighted by Crippen LogP contribution is 2.40. The normalized spacial score (nSPS) is 24.1. The summed E-state index contributed by atoms with van der Waals surface area (Å²) in [6.45, 7) is 8.76. The van der Waals surface area contributed by atoms with Gasteiger partial charge in [0.2, 0.25) is 0 Å². The molecule has 0 saturated carbocycles. The van der Waals surface area contributed by atoms with Gasteiger partial charge >= 0.3 is 0 Å². The summed E-state index contributed by atoms with van der Waals surface area (Å²) in [6, 6.07) is 0. The van der Waals surface area contributed by atoms with Crippen molar-refractivity contribution < 1.29 is 0 Å². The van der Waals surface area contributed by atoms with Crippen LogP contribution in [0.1, 0.15) is 52.1 Å². The van der Waals surface area contributed by atoms with E-state index in [1.54, 1.807) is 6.20 Å². The summed E-state index contributed by atoms with van der Waals surface area (Å²) in [5.41, 5.74) is 1.24. The first kappa shape index (κ1) is 13.9. The van der Waals surface area contributed by atoms with Gasteiger partial charge in [-0.05, 0) is 38.1 Å². The monoisotopic (exact) mass is 269 g/mol. The average molecular weight is 270 g/mol. The number of nitrogens with zero attached hydrogens (tertiary/aromatic N) is 2. The van der Waals surface area contributed by atoms with Crippen LogP contribution in [0.5, 0.6) is 0 Å². The Morgan fingerprint density at radius 3 is 2.89 bits per heavy atom. The second kappa shape index (κ2) is 5.62. The fourth-order valence-electron chi connectivity index (χ4n) is 3.20. The van der Waals surface area contributed by atoms with Gasteiger partial charge in [-0.25, -0.2) is 0 Å². The minimum Gasteiger partial charge on any atom is -0.306 e. The zero-order valence-electron chi connectivity index (χ0n) is 11.7. The lowest BCUT2D eigenvalue weighted by atomic mass is 9.84. The molecule has 4 heteroatoms. The van der Waals surface area contributed by atoms with Crippen LogP contribution in [0.2, 0.25) is 5.02 Å². The van der Waals surface area contributed by atoms with Crippen molar-refractivity contribution in [1.82, 2.24) is 15.1 Å². The number of rotatable bonds is 5. The molecule has 1 fully saturated rings. The highest BCUT2D eigenvalue weighted by Gasteiger charge is 2.40. The van der Waals surface area contributed by atoms with Crippen molar-refractivity contribution in [3.8, 4) is 0 Å². The van der Waals surface area contributed by atoms with Crippen molar-refractivity contribution in [2.24, 2.45) is 5.92 Å². The molecule has 18 heavy (non-hydrogen) atoms. The smallest absolute Gasteiger partial charge is 0.0837 e. The van der Waals surface area contributed by atoms with Crippen LogP contribution in [0.4, 0.5) is 0 Å². The van der Waals surface area contributed by atoms with Gasteiger partial charge in [0.25, 0.3) is 0 Å². The van der Waals surface area contributed by atoms with E-state index in [9.17, 15) is 0 Å². The van der Waals surface area contributed by atoms with E-state index in [2.05, 4.69) is 35.9 Å². The predicted octanol–water partition coefficient (Wildman–Crippen LogP) is 3.57. The van der Waals surface area contributed by atoms with Crippen molar-refractivity contribution in [2.45, 2.75) is 58.5 Å². The molecule has 1 aliphatic heterocycles. The van der Waals surface area contributed by atoms with Crippen LogP contribution in [0.15, 0.2) is 6.20 Å². The maximum Gasteiger partial charge on any atom is 0.0837 e. The molecule has 0 bridgehead atoms. The van der Waals surface area contributed by atoms with Gasteiger partial charge in [0.15, 0.2) is 0 Å². The molecule has 1 saturated heterocycles. The average Bonchev–Trinajstić information content (AvgIpc) is 2.87. The summed E-state index contributed by atoms with van der Waals surface area (Å²) in [6.07, 6.45) is 6.40. The Labute approximate surface area is 115 Å². The second-order valence-corrected chi connectivity index (χ2v) is 6.18. The molecule has 0 radical (unpaired) electrons. The molecule has 1 atom stereocenters. The summed E-state index contributed by atoms with van der Waals surface area (Å²) in [7, 11) is 0. The van der Waals surface area contributed by atoms with Crippen LogP contribution in [0.3, 0.4) is 0 Å². The van der Waals surface area contributed by atoms with E-state index >= 15 is 0 Å². The summed E-state index contributed by atoms with van der Waals surface area (Å²) in [5, 5.41) is 8.96. The number of hydrogen-bond acceptors (Lipinski definition) is 2. The van der Waals surface area contributed by atoms with Crippen LogP contribution in [-0.2, 0) is 12.1 Å². The van der Waals surface area contributed by atoms with Crippen molar-refractivity contribution in [1.29, 1.82) is 0 Å². The number of hydrogen-bond donors (Lipinski definition) is 1. The van der Waals surface area contributed by atoms with Crippen LogP contribution in [0.25, 0.3) is 0 Å². The Kier molecular flexibility index (Phi) is 4.33. The molecule has 1 aliphatic rings. The highest BCUT2D eigenvalue weighted by molar-refractivity contribution is 6.31. The number of nitrogens with one attached hydrogen (secondary N) is 1. The predicted molar refractivity (Wildman–Crippen MR) is 75.9 cm³/mol. The van der Waals surface area contributed by atoms with Crippen molar-refractivity contribution in [2.75, 3.05) is 6.54 Å². The van der Waals surface area contributed by atoms with Gasteiger partial charge in [-0.15, -0.1) is 0 Å². The van der Waals surface area contributed by atoms with Gasteiger partial charge in [-0.1, -0.05) is 32.4 Å². The van der Waals surface area contributed by atoms with Crippen molar-refractivity contribution in [3.63, 3.8) is 0 Å². The Balaban J connectivity index is 2.38. The molecular formula is C14H24ClN3. The largest absolute Gasteiger partial charge is 0.306 e. The number of aromatic nitrogens is 2. The molecule has 1 N–H and O–H groups in total. The van der Waals surface area contributed by atoms with Gasteiger partial charge in [-0.2, -0.15) is 5.10 Å². The lowest BCUT2D eigenvalue weighted by Crippen LogP contribution is -2.40. The molecular weight excluding hydrogens is 246 g/mol. The Morgan fingerprint density at radius 1 is 1.56 bits per heavy atom. The van der Waals surface area contributed by atoms with Gasteiger partial charge in [0, 0.05) is 6.54 Å². The summed E-state index contributed by atoms with van der Waals surface area (Å²) < 4.78 is 2.10. The molecule has 102 valence electrons. The topological polar surface area (TPSA) is 29.9 Å². The van der Waals surface area contributed by atoms with Gasteiger partial charge in [-0.3, -0.25) is 4.68 Å². The van der Waals surface area contributed by atoms with Crippen molar-refractivity contribution >= 4 is 11.6 Å². The Morgan fingerprint density at radius 2 is 2.33 bits per heavy atom. The maximum absolute atomic E-state index is 6.41. The van der Waals surface area contributed by atoms with E-state index in [4.69, 9.17) is 11.6 Å². The fraction of sp³-hybridized carbons (Fsp3) is 0.786. The quantitative estimate of drug-likeness (QED) is 0.886. The Bertz CT molecular complexity index is 392. The van der Waals surface area contributed by atoms with Gasteiger partial charge < -0.3 is 5.32 Å². The van der Waals surface area contributed by atoms with Gasteiger partial charge in [0.05, 0.1) is 22.5 Å². The van der Waals surface area contributed by atoms with Gasteiger partial charge in [0.1, 0.15) is 0 Å². The molecule has 2 heterocycles. The van der Waals surface area contributed by atoms with E-state index in [0.717, 1.165) is 31.0 Å². The SMILES string of the molecule is CCCn1ncc(Cl)c1C1(CC(C)C)CCCN1. The first-order chi connectivity index (χ1) is 8.59. The molecule has 2 rings (SSSR count). The zero-order chi connectivity index (χ0) is 13.2. The molecule has 0 amide bonds. The molecule has 3 nitrogen and oxygen atoms in total. The molecule has 1 aromatic heterocycles. The van der Waals surface area contributed by atoms with Crippen LogP contribution < -0.4 is 5.32 Å². The molecule has 0 aliphatic carbocycles. The molecule has 1 aromatic rings. The Hall–Kier alpha value is -0.540. The van der Waals surface area contributed by atoms with Crippen LogP contribution in [-0.4, -0.2) is 16.3 Å². The van der Waals surface area contributed by atoms with E-state index in [1.807, 2.05) is 0 Å². The van der Waals surface area contributed by atoms with Crippen molar-refractivity contribution in [3.05, 3.63) is 16.9 Å². The minimum atomic E-state index is 0.0386. The lowest BCUT2D eigenvalue weighted by molar-refractivity contribution is 0.287. The third-order valence-electron chi connectivity index (χ3n) is 3.68. The molecule has 1 unspecified atom stereocenters. The second-order valence-electron chi connectivity index (χ2n) is 5.77. The summed E-state index contributed by atoms with van der Waals surface area (Å²) in [4.78, 5) is 0. The minimum absolute atomic E-state index is 0.0386. The standard InChI is InChI=1S/C14H24ClN3/c1-4-8-18-13(12(15)10-17-18)14(9-11(2)3)6-5-7-16-14/h10-11,16H,4-9H2,1-3H3. The maximum atomic E-state index is 6.41. The molecule has 0 spiro atoms. The number of aryl methyl sites for hydroxylation is 1. The van der Waals surface area contributed by atoms with E-state index in [0.29, 0.717) is 5.92 Å². The van der Waals surface area contributed by atoms with Crippen LogP contribution >= 0.6 is 11.6 Å². The lowest BCUT2D eigenvalue weighted by Gasteiger charge is -2.32.